The molecule has 1 aromatic rings. The van der Waals surface area contributed by atoms with Crippen LogP contribution < -0.4 is 11.1 Å². The van der Waals surface area contributed by atoms with Gasteiger partial charge in [0.15, 0.2) is 0 Å². The van der Waals surface area contributed by atoms with Crippen molar-refractivity contribution >= 4 is 5.91 Å². The van der Waals surface area contributed by atoms with E-state index < -0.39 is 0 Å². The number of rotatable bonds is 4. The lowest BCUT2D eigenvalue weighted by molar-refractivity contribution is -0.125. The van der Waals surface area contributed by atoms with Crippen LogP contribution in [0.5, 0.6) is 0 Å². The van der Waals surface area contributed by atoms with Gasteiger partial charge in [-0.15, -0.1) is 0 Å². The van der Waals surface area contributed by atoms with Crippen LogP contribution >= 0.6 is 0 Å². The van der Waals surface area contributed by atoms with E-state index in [2.05, 4.69) is 11.4 Å². The second kappa shape index (κ2) is 4.73. The van der Waals surface area contributed by atoms with Crippen LogP contribution in [-0.4, -0.2) is 5.91 Å². The third kappa shape index (κ3) is 2.41. The largest absolute Gasteiger partial charge is 0.352 e. The van der Waals surface area contributed by atoms with Crippen LogP contribution in [0.3, 0.4) is 0 Å². The first-order chi connectivity index (χ1) is 8.76. The Morgan fingerprint density at radius 1 is 1.22 bits per heavy atom. The van der Waals surface area contributed by atoms with Gasteiger partial charge in [-0.1, -0.05) is 24.3 Å². The molecule has 2 unspecified atom stereocenters. The van der Waals surface area contributed by atoms with Gasteiger partial charge in [0.2, 0.25) is 5.91 Å². The Labute approximate surface area is 108 Å². The molecule has 0 saturated heterocycles. The number of carbonyl (C=O) groups excluding carboxylic acids is 1. The van der Waals surface area contributed by atoms with E-state index in [9.17, 15) is 4.79 Å². The fraction of sp³-hybridized carbons (Fsp3) is 0.533. The Balaban J connectivity index is 1.52. The molecule has 3 nitrogen and oxygen atoms in total. The van der Waals surface area contributed by atoms with Gasteiger partial charge < -0.3 is 11.1 Å². The predicted molar refractivity (Wildman–Crippen MR) is 70.5 cm³/mol. The highest BCUT2D eigenvalue weighted by molar-refractivity contribution is 5.79. The van der Waals surface area contributed by atoms with Crippen molar-refractivity contribution in [3.8, 4) is 0 Å². The van der Waals surface area contributed by atoms with Crippen molar-refractivity contribution in [3.63, 3.8) is 0 Å². The molecule has 1 aromatic carbocycles. The lowest BCUT2D eigenvalue weighted by Gasteiger charge is -2.12. The third-order valence-electron chi connectivity index (χ3n) is 4.31. The highest BCUT2D eigenvalue weighted by atomic mass is 16.1. The molecule has 0 heterocycles. The van der Waals surface area contributed by atoms with Gasteiger partial charge in [0.25, 0.3) is 0 Å². The van der Waals surface area contributed by atoms with Crippen LogP contribution in [0, 0.1) is 17.8 Å². The maximum absolute atomic E-state index is 12.0. The van der Waals surface area contributed by atoms with Gasteiger partial charge in [-0.2, -0.15) is 0 Å². The van der Waals surface area contributed by atoms with E-state index in [-0.39, 0.29) is 11.8 Å². The van der Waals surface area contributed by atoms with Crippen LogP contribution in [0.15, 0.2) is 24.3 Å². The van der Waals surface area contributed by atoms with Gasteiger partial charge in [-0.3, -0.25) is 4.79 Å². The molecular formula is C15H20N2O. The molecule has 2 atom stereocenters. The fourth-order valence-electron chi connectivity index (χ4n) is 3.13. The Morgan fingerprint density at radius 2 is 1.94 bits per heavy atom. The summed E-state index contributed by atoms with van der Waals surface area (Å²) in [7, 11) is 0. The Kier molecular flexibility index (Phi) is 3.08. The molecule has 0 spiro atoms. The van der Waals surface area contributed by atoms with E-state index in [1.165, 1.54) is 6.42 Å². The summed E-state index contributed by atoms with van der Waals surface area (Å²) in [4.78, 5) is 12.0. The lowest BCUT2D eigenvalue weighted by atomic mass is 10.0. The number of nitrogens with one attached hydrogen (secondary N) is 1. The minimum Gasteiger partial charge on any atom is -0.352 e. The van der Waals surface area contributed by atoms with Crippen molar-refractivity contribution in [3.05, 3.63) is 35.4 Å². The summed E-state index contributed by atoms with van der Waals surface area (Å²) in [6, 6.07) is 8.10. The summed E-state index contributed by atoms with van der Waals surface area (Å²) in [6.07, 6.45) is 3.58. The maximum Gasteiger partial charge on any atom is 0.223 e. The predicted octanol–water partition coefficient (Wildman–Crippen LogP) is 1.81. The first-order valence-electron chi connectivity index (χ1n) is 6.82. The zero-order chi connectivity index (χ0) is 12.5. The molecule has 3 N–H and O–H groups in total. The number of nitrogens with two attached hydrogens (primary N) is 1. The Morgan fingerprint density at radius 3 is 2.67 bits per heavy atom. The van der Waals surface area contributed by atoms with Crippen LogP contribution in [0.4, 0.5) is 0 Å². The van der Waals surface area contributed by atoms with E-state index in [4.69, 9.17) is 5.73 Å². The Hall–Kier alpha value is -1.35. The van der Waals surface area contributed by atoms with Gasteiger partial charge in [0.1, 0.15) is 0 Å². The van der Waals surface area contributed by atoms with Gasteiger partial charge in [-0.25, -0.2) is 0 Å². The quantitative estimate of drug-likeness (QED) is 0.848. The summed E-state index contributed by atoms with van der Waals surface area (Å²) >= 11 is 0. The SMILES string of the molecule is NCc1cccc(CNC(=O)C2CC3CC3C2)c1. The summed E-state index contributed by atoms with van der Waals surface area (Å²) < 4.78 is 0. The van der Waals surface area contributed by atoms with Crippen molar-refractivity contribution in [1.82, 2.24) is 5.32 Å². The molecule has 0 radical (unpaired) electrons. The molecule has 2 fully saturated rings. The topological polar surface area (TPSA) is 55.1 Å². The highest BCUT2D eigenvalue weighted by Crippen LogP contribution is 2.54. The van der Waals surface area contributed by atoms with E-state index >= 15 is 0 Å². The van der Waals surface area contributed by atoms with Crippen molar-refractivity contribution in [2.24, 2.45) is 23.5 Å². The standard InChI is InChI=1S/C15H20N2O/c16-8-10-2-1-3-11(4-10)9-17-15(18)14-6-12-5-13(12)7-14/h1-4,12-14H,5-9,16H2,(H,17,18). The molecule has 2 saturated carbocycles. The van der Waals surface area contributed by atoms with Crippen molar-refractivity contribution < 1.29 is 4.79 Å². The molecule has 2 aliphatic rings. The minimum absolute atomic E-state index is 0.236. The first-order valence-corrected chi connectivity index (χ1v) is 6.82. The number of fused-ring (bicyclic) bond motifs is 1. The van der Waals surface area contributed by atoms with Crippen molar-refractivity contribution in [2.75, 3.05) is 0 Å². The van der Waals surface area contributed by atoms with Gasteiger partial charge >= 0.3 is 0 Å². The molecule has 3 heteroatoms. The molecular weight excluding hydrogens is 224 g/mol. The van der Waals surface area contributed by atoms with Crippen LogP contribution in [0.25, 0.3) is 0 Å². The number of benzene rings is 1. The van der Waals surface area contributed by atoms with Gasteiger partial charge in [-0.05, 0) is 42.2 Å². The number of hydrogen-bond donors (Lipinski definition) is 2. The van der Waals surface area contributed by atoms with Crippen LogP contribution in [0.2, 0.25) is 0 Å². The zero-order valence-corrected chi connectivity index (χ0v) is 10.6. The van der Waals surface area contributed by atoms with Crippen molar-refractivity contribution in [2.45, 2.75) is 32.4 Å². The van der Waals surface area contributed by atoms with E-state index in [1.807, 2.05) is 18.2 Å². The summed E-state index contributed by atoms with van der Waals surface area (Å²) in [6.45, 7) is 1.17. The summed E-state index contributed by atoms with van der Waals surface area (Å²) in [5.74, 6) is 2.23. The summed E-state index contributed by atoms with van der Waals surface area (Å²) in [5, 5.41) is 3.05. The van der Waals surface area contributed by atoms with E-state index in [0.29, 0.717) is 13.1 Å². The molecule has 0 bridgehead atoms. The van der Waals surface area contributed by atoms with Gasteiger partial charge in [0.05, 0.1) is 0 Å². The van der Waals surface area contributed by atoms with Gasteiger partial charge in [0, 0.05) is 19.0 Å². The average molecular weight is 244 g/mol. The monoisotopic (exact) mass is 244 g/mol. The normalized spacial score (nSPS) is 28.8. The lowest BCUT2D eigenvalue weighted by Crippen LogP contribution is -2.29. The Bertz CT molecular complexity index is 448. The molecule has 2 aliphatic carbocycles. The van der Waals surface area contributed by atoms with Crippen LogP contribution in [-0.2, 0) is 17.9 Å². The molecule has 0 aliphatic heterocycles. The number of carbonyl (C=O) groups is 1. The van der Waals surface area contributed by atoms with E-state index in [0.717, 1.165) is 35.8 Å². The number of amides is 1. The van der Waals surface area contributed by atoms with Crippen LogP contribution in [0.1, 0.15) is 30.4 Å². The zero-order valence-electron chi connectivity index (χ0n) is 10.6. The smallest absolute Gasteiger partial charge is 0.223 e. The highest BCUT2D eigenvalue weighted by Gasteiger charge is 2.47. The molecule has 3 rings (SSSR count). The minimum atomic E-state index is 0.236. The molecule has 96 valence electrons. The molecule has 1 amide bonds. The average Bonchev–Trinajstić information content (AvgIpc) is 3.02. The second-order valence-corrected chi connectivity index (χ2v) is 5.67. The number of hydrogen-bond acceptors (Lipinski definition) is 2. The first kappa shape index (κ1) is 11.7. The fourth-order valence-corrected chi connectivity index (χ4v) is 3.13. The van der Waals surface area contributed by atoms with E-state index in [1.54, 1.807) is 0 Å². The maximum atomic E-state index is 12.0. The molecule has 18 heavy (non-hydrogen) atoms. The molecule has 0 aromatic heterocycles. The van der Waals surface area contributed by atoms with Crippen molar-refractivity contribution in [1.29, 1.82) is 0 Å². The summed E-state index contributed by atoms with van der Waals surface area (Å²) in [5.41, 5.74) is 7.86. The third-order valence-corrected chi connectivity index (χ3v) is 4.31. The second-order valence-electron chi connectivity index (χ2n) is 5.67.